The summed E-state index contributed by atoms with van der Waals surface area (Å²) in [5.41, 5.74) is 10.3. The minimum absolute atomic E-state index is 0. The van der Waals surface area contributed by atoms with E-state index in [1.807, 2.05) is 18.3 Å². The van der Waals surface area contributed by atoms with Crippen LogP contribution >= 0.6 is 37.2 Å². The summed E-state index contributed by atoms with van der Waals surface area (Å²) in [7, 11) is -2.16. The predicted octanol–water partition coefficient (Wildman–Crippen LogP) is 5.20. The molecule has 0 spiro atoms. The van der Waals surface area contributed by atoms with Gasteiger partial charge in [-0.25, -0.2) is 17.5 Å². The molecule has 1 unspecified atom stereocenters. The monoisotopic (exact) mass is 648 g/mol. The van der Waals surface area contributed by atoms with Crippen LogP contribution in [0.2, 0.25) is 0 Å². The molecule has 3 aromatic rings. The lowest BCUT2D eigenvalue weighted by molar-refractivity contribution is 0.365. The van der Waals surface area contributed by atoms with Crippen LogP contribution in [0.1, 0.15) is 48.3 Å². The fraction of sp³-hybridized carbons (Fsp3) is 0.414. The van der Waals surface area contributed by atoms with Crippen molar-refractivity contribution in [1.82, 2.24) is 15.0 Å². The number of nitrogens with two attached hydrogens (primary N) is 1. The number of fused-ring (bicyclic) bond motifs is 1. The Kier molecular flexibility index (Phi) is 16.1. The van der Waals surface area contributed by atoms with E-state index in [2.05, 4.69) is 33.2 Å². The molecule has 1 heterocycles. The predicted molar refractivity (Wildman–Crippen MR) is 169 cm³/mol. The third-order valence-corrected chi connectivity index (χ3v) is 8.69. The number of rotatable bonds is 13. The molecule has 3 atom stereocenters. The third kappa shape index (κ3) is 10.4. The van der Waals surface area contributed by atoms with Gasteiger partial charge in [0.25, 0.3) is 0 Å². The van der Waals surface area contributed by atoms with Gasteiger partial charge in [0.1, 0.15) is 16.5 Å². The van der Waals surface area contributed by atoms with Crippen LogP contribution < -0.4 is 20.5 Å². The molecule has 0 fully saturated rings. The van der Waals surface area contributed by atoms with Crippen molar-refractivity contribution < 1.29 is 17.5 Å². The molecule has 0 saturated heterocycles. The fourth-order valence-corrected chi connectivity index (χ4v) is 6.32. The maximum atomic E-state index is 13.8. The number of ether oxygens (including phenoxy) is 1. The van der Waals surface area contributed by atoms with E-state index < -0.39 is 15.8 Å². The number of sulfonamides is 1. The lowest BCUT2D eigenvalue weighted by Crippen LogP contribution is -2.44. The number of hydrogen-bond donors (Lipinski definition) is 3. The van der Waals surface area contributed by atoms with Gasteiger partial charge in [0, 0.05) is 43.5 Å². The summed E-state index contributed by atoms with van der Waals surface area (Å²) in [6.07, 6.45) is 8.77. The smallest absolute Gasteiger partial charge is 0.243 e. The maximum absolute atomic E-state index is 13.8. The van der Waals surface area contributed by atoms with Gasteiger partial charge in [0.05, 0.1) is 7.11 Å². The SMILES string of the molecule is COc1ccc2c(c1)CC[C@H](NCC(N)CCCCNS(=O)(=O)c1ccccc1F)[C@@H]2Cc1cccnc1.Cl.Cl.Cl. The number of aromatic nitrogens is 1. The summed E-state index contributed by atoms with van der Waals surface area (Å²) >= 11 is 0. The van der Waals surface area contributed by atoms with Crippen molar-refractivity contribution in [3.05, 3.63) is 89.5 Å². The van der Waals surface area contributed by atoms with E-state index in [4.69, 9.17) is 10.5 Å². The van der Waals surface area contributed by atoms with E-state index in [0.717, 1.165) is 43.9 Å². The number of methoxy groups -OCH3 is 1. The molecule has 2 aromatic carbocycles. The molecule has 4 rings (SSSR count). The highest BCUT2D eigenvalue weighted by Gasteiger charge is 2.30. The van der Waals surface area contributed by atoms with Crippen molar-refractivity contribution >= 4 is 47.2 Å². The summed E-state index contributed by atoms with van der Waals surface area (Å²) in [5.74, 6) is 0.432. The maximum Gasteiger partial charge on any atom is 0.243 e. The Labute approximate surface area is 261 Å². The standard InChI is InChI=1S/C29H37FN4O3S.3ClH/c1-37-24-12-13-25-22(18-24)11-14-28(26(25)17-21-7-6-15-32-19-21)33-20-23(31)8-4-5-16-34-38(35,36)29-10-3-2-9-27(29)30;;;/h2-3,6-7,9-10,12-13,15,18-19,23,26,28,33-34H,4-5,8,11,14,16-17,20,31H2,1H3;3*1H/t23?,26-,28+;;;/m1.../s1. The normalized spacial score (nSPS) is 16.8. The Morgan fingerprint density at radius 1 is 1.10 bits per heavy atom. The second-order valence-electron chi connectivity index (χ2n) is 9.87. The zero-order valence-electron chi connectivity index (χ0n) is 23.0. The summed E-state index contributed by atoms with van der Waals surface area (Å²) in [5, 5.41) is 3.72. The van der Waals surface area contributed by atoms with Crippen molar-refractivity contribution in [2.45, 2.75) is 61.4 Å². The van der Waals surface area contributed by atoms with Gasteiger partial charge in [-0.05, 0) is 79.1 Å². The minimum atomic E-state index is -3.86. The zero-order chi connectivity index (χ0) is 27.0. The molecule has 7 nitrogen and oxygen atoms in total. The van der Waals surface area contributed by atoms with E-state index in [9.17, 15) is 12.8 Å². The van der Waals surface area contributed by atoms with Crippen LogP contribution in [0.4, 0.5) is 4.39 Å². The number of unbranched alkanes of at least 4 members (excludes halogenated alkanes) is 1. The number of halogens is 4. The first-order valence-electron chi connectivity index (χ1n) is 13.2. The summed E-state index contributed by atoms with van der Waals surface area (Å²) in [6, 6.07) is 16.1. The van der Waals surface area contributed by atoms with Crippen LogP contribution in [-0.2, 0) is 22.9 Å². The van der Waals surface area contributed by atoms with Gasteiger partial charge in [-0.3, -0.25) is 4.98 Å². The first kappa shape index (κ1) is 37.0. The van der Waals surface area contributed by atoms with Gasteiger partial charge in [-0.15, -0.1) is 37.2 Å². The molecule has 41 heavy (non-hydrogen) atoms. The highest BCUT2D eigenvalue weighted by atomic mass is 35.5. The topological polar surface area (TPSA) is 106 Å². The highest BCUT2D eigenvalue weighted by molar-refractivity contribution is 7.89. The van der Waals surface area contributed by atoms with Crippen LogP contribution in [0.25, 0.3) is 0 Å². The summed E-state index contributed by atoms with van der Waals surface area (Å²) in [6.45, 7) is 0.924. The van der Waals surface area contributed by atoms with Crippen molar-refractivity contribution in [1.29, 1.82) is 0 Å². The number of benzene rings is 2. The molecule has 1 aliphatic carbocycles. The van der Waals surface area contributed by atoms with Gasteiger partial charge in [-0.2, -0.15) is 0 Å². The average molecular weight is 650 g/mol. The molecule has 0 saturated carbocycles. The molecular weight excluding hydrogens is 610 g/mol. The first-order valence-corrected chi connectivity index (χ1v) is 14.6. The summed E-state index contributed by atoms with van der Waals surface area (Å²) in [4.78, 5) is 3.97. The van der Waals surface area contributed by atoms with Gasteiger partial charge in [0.15, 0.2) is 0 Å². The molecule has 0 bridgehead atoms. The van der Waals surface area contributed by atoms with Crippen LogP contribution in [0.15, 0.2) is 71.9 Å². The zero-order valence-corrected chi connectivity index (χ0v) is 26.3. The van der Waals surface area contributed by atoms with Gasteiger partial charge in [0.2, 0.25) is 10.0 Å². The molecule has 0 radical (unpaired) electrons. The molecule has 1 aliphatic rings. The van der Waals surface area contributed by atoms with E-state index in [1.54, 1.807) is 13.3 Å². The molecule has 0 aliphatic heterocycles. The second-order valence-corrected chi connectivity index (χ2v) is 11.6. The Bertz CT molecular complexity index is 1310. The summed E-state index contributed by atoms with van der Waals surface area (Å²) < 4.78 is 46.4. The highest BCUT2D eigenvalue weighted by Crippen LogP contribution is 2.36. The Morgan fingerprint density at radius 3 is 2.59 bits per heavy atom. The number of nitrogens with one attached hydrogen (secondary N) is 2. The third-order valence-electron chi connectivity index (χ3n) is 7.20. The largest absolute Gasteiger partial charge is 0.497 e. The van der Waals surface area contributed by atoms with Gasteiger partial charge < -0.3 is 15.8 Å². The van der Waals surface area contributed by atoms with Crippen LogP contribution in [-0.4, -0.2) is 45.7 Å². The molecular formula is C29H40Cl3FN4O3S. The van der Waals surface area contributed by atoms with Crippen LogP contribution in [0.5, 0.6) is 5.75 Å². The average Bonchev–Trinajstić information content (AvgIpc) is 2.92. The Balaban J connectivity index is 0.00000280. The van der Waals surface area contributed by atoms with Crippen molar-refractivity contribution in [2.75, 3.05) is 20.2 Å². The molecule has 12 heteroatoms. The molecule has 4 N–H and O–H groups in total. The van der Waals surface area contributed by atoms with E-state index >= 15 is 0 Å². The van der Waals surface area contributed by atoms with Crippen molar-refractivity contribution in [3.8, 4) is 5.75 Å². The van der Waals surface area contributed by atoms with Crippen molar-refractivity contribution in [2.24, 2.45) is 5.73 Å². The van der Waals surface area contributed by atoms with E-state index in [1.165, 1.54) is 34.9 Å². The van der Waals surface area contributed by atoms with Crippen molar-refractivity contribution in [3.63, 3.8) is 0 Å². The Morgan fingerprint density at radius 2 is 1.88 bits per heavy atom. The second kappa shape index (κ2) is 17.9. The van der Waals surface area contributed by atoms with Crippen LogP contribution in [0.3, 0.4) is 0 Å². The quantitative estimate of drug-likeness (QED) is 0.220. The van der Waals surface area contributed by atoms with E-state index in [-0.39, 0.29) is 60.7 Å². The molecule has 1 aromatic heterocycles. The number of pyridine rings is 1. The minimum Gasteiger partial charge on any atom is -0.497 e. The fourth-order valence-electron chi connectivity index (χ4n) is 5.17. The molecule has 228 valence electrons. The van der Waals surface area contributed by atoms with E-state index in [0.29, 0.717) is 18.9 Å². The lowest BCUT2D eigenvalue weighted by Gasteiger charge is -2.35. The first-order chi connectivity index (χ1) is 18.4. The van der Waals surface area contributed by atoms with Crippen LogP contribution in [0, 0.1) is 5.82 Å². The lowest BCUT2D eigenvalue weighted by atomic mass is 9.76. The van der Waals surface area contributed by atoms with Gasteiger partial charge in [-0.1, -0.05) is 30.7 Å². The van der Waals surface area contributed by atoms with Gasteiger partial charge >= 0.3 is 0 Å². The number of hydrogen-bond acceptors (Lipinski definition) is 6. The number of aryl methyl sites for hydroxylation is 1. The Hall–Kier alpha value is -1.98. The number of nitrogens with zero attached hydrogens (tertiary/aromatic N) is 1. The molecule has 0 amide bonds.